The molecule has 1 aromatic rings. The van der Waals surface area contributed by atoms with Crippen molar-refractivity contribution in [3.05, 3.63) is 42.0 Å². The minimum absolute atomic E-state index is 0.00586. The van der Waals surface area contributed by atoms with Gasteiger partial charge in [0, 0.05) is 17.6 Å². The Morgan fingerprint density at radius 1 is 1.13 bits per heavy atom. The van der Waals surface area contributed by atoms with E-state index in [1.54, 1.807) is 12.2 Å². The molecule has 4 atom stereocenters. The number of allylic oxidation sites excluding steroid dienone is 2. The third-order valence-corrected chi connectivity index (χ3v) is 4.49. The number of hydrogen-bond donors (Lipinski definition) is 1. The van der Waals surface area contributed by atoms with Gasteiger partial charge in [-0.2, -0.15) is 13.2 Å². The van der Waals surface area contributed by atoms with Gasteiger partial charge >= 0.3 is 6.18 Å². The number of carboxylic acids is 1. The number of fused-ring (bicyclic) bond motifs is 2. The molecule has 122 valence electrons. The van der Waals surface area contributed by atoms with Crippen molar-refractivity contribution in [2.24, 2.45) is 23.7 Å². The van der Waals surface area contributed by atoms with Gasteiger partial charge in [0.25, 0.3) is 0 Å². The van der Waals surface area contributed by atoms with Gasteiger partial charge in [-0.3, -0.25) is 4.79 Å². The summed E-state index contributed by atoms with van der Waals surface area (Å²) in [6.45, 7) is 0. The van der Waals surface area contributed by atoms with Gasteiger partial charge < -0.3 is 15.2 Å². The summed E-state index contributed by atoms with van der Waals surface area (Å²) in [6.07, 6.45) is -0.400. The lowest BCUT2D eigenvalue weighted by Gasteiger charge is -2.27. The fraction of sp³-hybridized carbons (Fsp3) is 0.375. The number of halogens is 3. The van der Waals surface area contributed by atoms with Crippen LogP contribution >= 0.6 is 0 Å². The predicted octanol–water partition coefficient (Wildman–Crippen LogP) is 1.83. The molecule has 0 spiro atoms. The van der Waals surface area contributed by atoms with Crippen LogP contribution in [0.5, 0.6) is 0 Å². The Kier molecular flexibility index (Phi) is 3.66. The zero-order chi connectivity index (χ0) is 16.8. The second-order valence-corrected chi connectivity index (χ2v) is 5.89. The van der Waals surface area contributed by atoms with E-state index in [1.165, 1.54) is 12.1 Å². The molecule has 0 unspecified atom stereocenters. The molecule has 1 aromatic carbocycles. The molecule has 2 bridgehead atoms. The van der Waals surface area contributed by atoms with Crippen LogP contribution < -0.4 is 10.4 Å². The molecule has 2 aliphatic carbocycles. The van der Waals surface area contributed by atoms with Gasteiger partial charge in [0.15, 0.2) is 0 Å². The van der Waals surface area contributed by atoms with E-state index < -0.39 is 35.5 Å². The second-order valence-electron chi connectivity index (χ2n) is 5.89. The van der Waals surface area contributed by atoms with Crippen LogP contribution in [0.4, 0.5) is 18.9 Å². The lowest BCUT2D eigenvalue weighted by Crippen LogP contribution is -2.42. The van der Waals surface area contributed by atoms with Gasteiger partial charge in [0.1, 0.15) is 0 Å². The van der Waals surface area contributed by atoms with Crippen molar-refractivity contribution < 1.29 is 27.9 Å². The van der Waals surface area contributed by atoms with E-state index in [4.69, 9.17) is 0 Å². The normalized spacial score (nSPS) is 28.8. The molecule has 0 saturated heterocycles. The third-order valence-electron chi connectivity index (χ3n) is 4.49. The topological polar surface area (TPSA) is 69.2 Å². The molecule has 0 aliphatic heterocycles. The average molecular weight is 324 g/mol. The summed E-state index contributed by atoms with van der Waals surface area (Å²) >= 11 is 0. The monoisotopic (exact) mass is 324 g/mol. The molecule has 1 fully saturated rings. The molecule has 0 heterocycles. The number of carbonyl (C=O) groups excluding carboxylic acids is 2. The van der Waals surface area contributed by atoms with Crippen molar-refractivity contribution in [2.75, 3.05) is 5.32 Å². The number of benzene rings is 1. The van der Waals surface area contributed by atoms with Gasteiger partial charge in [-0.25, -0.2) is 0 Å². The summed E-state index contributed by atoms with van der Waals surface area (Å²) in [5.41, 5.74) is -0.881. The van der Waals surface area contributed by atoms with Crippen LogP contribution in [0.2, 0.25) is 0 Å². The lowest BCUT2D eigenvalue weighted by atomic mass is 9.82. The van der Waals surface area contributed by atoms with Crippen LogP contribution in [0.25, 0.3) is 0 Å². The van der Waals surface area contributed by atoms with E-state index >= 15 is 0 Å². The Hall–Kier alpha value is -2.31. The maximum absolute atomic E-state index is 12.7. The summed E-state index contributed by atoms with van der Waals surface area (Å²) in [6, 6.07) is 4.26. The molecule has 4 nitrogen and oxygen atoms in total. The first-order valence-electron chi connectivity index (χ1n) is 7.14. The first-order valence-corrected chi connectivity index (χ1v) is 7.14. The molecule has 1 saturated carbocycles. The Morgan fingerprint density at radius 3 is 2.39 bits per heavy atom. The quantitative estimate of drug-likeness (QED) is 0.863. The smallest absolute Gasteiger partial charge is 0.416 e. The number of carboxylic acid groups (broad SMARTS) is 1. The SMILES string of the molecule is O=C(Nc1cccc(C(F)(F)F)c1)[C@@H]1[C@@H](C(=O)[O-])[C@H]2C=C[C@@H]1C2. The molecule has 0 aromatic heterocycles. The number of carbonyl (C=O) groups is 2. The summed E-state index contributed by atoms with van der Waals surface area (Å²) in [5.74, 6) is -4.10. The van der Waals surface area contributed by atoms with Crippen molar-refractivity contribution in [3.8, 4) is 0 Å². The highest BCUT2D eigenvalue weighted by Gasteiger charge is 2.48. The van der Waals surface area contributed by atoms with Crippen molar-refractivity contribution in [3.63, 3.8) is 0 Å². The third kappa shape index (κ3) is 2.83. The molecular formula is C16H13F3NO3-. The highest BCUT2D eigenvalue weighted by molar-refractivity contribution is 5.96. The Bertz CT molecular complexity index is 683. The van der Waals surface area contributed by atoms with E-state index in [0.717, 1.165) is 12.1 Å². The second kappa shape index (κ2) is 5.40. The number of anilines is 1. The Balaban J connectivity index is 1.80. The Morgan fingerprint density at radius 2 is 1.78 bits per heavy atom. The number of amides is 1. The zero-order valence-corrected chi connectivity index (χ0v) is 11.8. The molecular weight excluding hydrogens is 311 g/mol. The largest absolute Gasteiger partial charge is 0.550 e. The van der Waals surface area contributed by atoms with Crippen LogP contribution in [0.3, 0.4) is 0 Å². The minimum atomic E-state index is -4.51. The number of hydrogen-bond acceptors (Lipinski definition) is 3. The van der Waals surface area contributed by atoms with Crippen LogP contribution in [0.1, 0.15) is 12.0 Å². The fourth-order valence-electron chi connectivity index (χ4n) is 3.50. The summed E-state index contributed by atoms with van der Waals surface area (Å²) < 4.78 is 38.1. The zero-order valence-electron chi connectivity index (χ0n) is 11.8. The van der Waals surface area contributed by atoms with E-state index in [-0.39, 0.29) is 17.5 Å². The van der Waals surface area contributed by atoms with Crippen LogP contribution in [0, 0.1) is 23.7 Å². The van der Waals surface area contributed by atoms with Crippen molar-refractivity contribution in [2.45, 2.75) is 12.6 Å². The molecule has 1 amide bonds. The van der Waals surface area contributed by atoms with Crippen LogP contribution in [-0.2, 0) is 15.8 Å². The fourth-order valence-corrected chi connectivity index (χ4v) is 3.50. The summed E-state index contributed by atoms with van der Waals surface area (Å²) in [7, 11) is 0. The number of nitrogens with one attached hydrogen (secondary N) is 1. The first-order chi connectivity index (χ1) is 10.8. The molecule has 0 radical (unpaired) electrons. The van der Waals surface area contributed by atoms with Gasteiger partial charge in [-0.05, 0) is 36.5 Å². The van der Waals surface area contributed by atoms with Crippen molar-refractivity contribution >= 4 is 17.6 Å². The maximum atomic E-state index is 12.7. The minimum Gasteiger partial charge on any atom is -0.550 e. The molecule has 3 rings (SSSR count). The van der Waals surface area contributed by atoms with Crippen molar-refractivity contribution in [1.82, 2.24) is 0 Å². The summed E-state index contributed by atoms with van der Waals surface area (Å²) in [4.78, 5) is 23.6. The first kappa shape index (κ1) is 15.6. The van der Waals surface area contributed by atoms with Gasteiger partial charge in [-0.15, -0.1) is 0 Å². The average Bonchev–Trinajstić information content (AvgIpc) is 3.07. The molecule has 23 heavy (non-hydrogen) atoms. The van der Waals surface area contributed by atoms with E-state index in [9.17, 15) is 27.9 Å². The summed E-state index contributed by atoms with van der Waals surface area (Å²) in [5, 5.41) is 13.7. The van der Waals surface area contributed by atoms with Crippen LogP contribution in [-0.4, -0.2) is 11.9 Å². The van der Waals surface area contributed by atoms with Gasteiger partial charge in [0.2, 0.25) is 5.91 Å². The highest BCUT2D eigenvalue weighted by Crippen LogP contribution is 2.48. The standard InChI is InChI=1S/C16H14F3NO3/c17-16(18,19)10-2-1-3-11(7-10)20-14(21)12-8-4-5-9(6-8)13(12)15(22)23/h1-5,7-9,12-13H,6H2,(H,20,21)(H,22,23)/p-1/t8-,9+,12+,13+/m1/s1. The highest BCUT2D eigenvalue weighted by atomic mass is 19.4. The van der Waals surface area contributed by atoms with E-state index in [0.29, 0.717) is 6.42 Å². The van der Waals surface area contributed by atoms with Crippen molar-refractivity contribution in [1.29, 1.82) is 0 Å². The molecule has 1 N–H and O–H groups in total. The molecule has 7 heteroatoms. The number of alkyl halides is 3. The predicted molar refractivity (Wildman–Crippen MR) is 72.8 cm³/mol. The lowest BCUT2D eigenvalue weighted by molar-refractivity contribution is -0.313. The van der Waals surface area contributed by atoms with Crippen LogP contribution in [0.15, 0.2) is 36.4 Å². The van der Waals surface area contributed by atoms with E-state index in [1.807, 2.05) is 0 Å². The molecule has 2 aliphatic rings. The number of rotatable bonds is 3. The maximum Gasteiger partial charge on any atom is 0.416 e. The Labute approximate surface area is 130 Å². The van der Waals surface area contributed by atoms with E-state index in [2.05, 4.69) is 5.32 Å². The number of aliphatic carboxylic acids is 1. The van der Waals surface area contributed by atoms with Gasteiger partial charge in [0.05, 0.1) is 11.5 Å². The van der Waals surface area contributed by atoms with Gasteiger partial charge in [-0.1, -0.05) is 18.2 Å².